The maximum Gasteiger partial charge on any atom is 0.412 e. The van der Waals surface area contributed by atoms with Gasteiger partial charge in [-0.05, 0) is 17.7 Å². The molecule has 1 fully saturated rings. The molecule has 1 aliphatic rings. The van der Waals surface area contributed by atoms with Gasteiger partial charge < -0.3 is 19.7 Å². The number of ether oxygens (including phenoxy) is 2. The minimum Gasteiger partial charge on any atom is -0.410 e. The Hall–Kier alpha value is -2.60. The molecule has 1 saturated heterocycles. The van der Waals surface area contributed by atoms with Gasteiger partial charge in [0.2, 0.25) is 0 Å². The minimum atomic E-state index is -0.614. The summed E-state index contributed by atoms with van der Waals surface area (Å²) in [6.07, 6.45) is -0.614. The van der Waals surface area contributed by atoms with Crippen molar-refractivity contribution < 1.29 is 18.7 Å². The quantitative estimate of drug-likeness (QED) is 0.936. The second kappa shape index (κ2) is 7.79. The summed E-state index contributed by atoms with van der Waals surface area (Å²) >= 11 is 0. The van der Waals surface area contributed by atoms with Gasteiger partial charge in [0.1, 0.15) is 11.6 Å². The molecular weight excluding hydrogens is 311 g/mol. The summed E-state index contributed by atoms with van der Waals surface area (Å²) < 4.78 is 24.6. The Balaban J connectivity index is 1.57. The number of carbonyl (C=O) groups is 1. The Morgan fingerprint density at radius 1 is 1.17 bits per heavy atom. The zero-order chi connectivity index (χ0) is 16.8. The summed E-state index contributed by atoms with van der Waals surface area (Å²) in [5.74, 6) is -0.236. The van der Waals surface area contributed by atoms with Crippen molar-refractivity contribution in [3.05, 3.63) is 59.9 Å². The van der Waals surface area contributed by atoms with Crippen molar-refractivity contribution in [2.24, 2.45) is 0 Å². The summed E-state index contributed by atoms with van der Waals surface area (Å²) in [6, 6.07) is 13.9. The summed E-state index contributed by atoms with van der Waals surface area (Å²) in [7, 11) is 0. The van der Waals surface area contributed by atoms with Crippen molar-refractivity contribution in [2.75, 3.05) is 31.2 Å². The van der Waals surface area contributed by atoms with Crippen LogP contribution in [0.2, 0.25) is 0 Å². The van der Waals surface area contributed by atoms with Gasteiger partial charge in [-0.1, -0.05) is 30.3 Å². The highest BCUT2D eigenvalue weighted by molar-refractivity contribution is 5.70. The smallest absolute Gasteiger partial charge is 0.410 e. The van der Waals surface area contributed by atoms with Crippen LogP contribution in [0.5, 0.6) is 5.75 Å². The Morgan fingerprint density at radius 2 is 1.92 bits per heavy atom. The van der Waals surface area contributed by atoms with E-state index in [1.807, 2.05) is 35.2 Å². The SMILES string of the molecule is O=C(NCc1ccccc1)Oc1ccc(N2CCOCC2)c(F)c1. The molecule has 0 aliphatic carbocycles. The summed E-state index contributed by atoms with van der Waals surface area (Å²) in [6.45, 7) is 2.82. The van der Waals surface area contributed by atoms with E-state index in [4.69, 9.17) is 9.47 Å². The maximum atomic E-state index is 14.2. The lowest BCUT2D eigenvalue weighted by Gasteiger charge is -2.29. The Kier molecular flexibility index (Phi) is 5.28. The van der Waals surface area contributed by atoms with Crippen LogP contribution in [0.25, 0.3) is 0 Å². The lowest BCUT2D eigenvalue weighted by Crippen LogP contribution is -2.36. The van der Waals surface area contributed by atoms with Crippen LogP contribution >= 0.6 is 0 Å². The molecule has 2 aromatic carbocycles. The lowest BCUT2D eigenvalue weighted by molar-refractivity contribution is 0.122. The predicted molar refractivity (Wildman–Crippen MR) is 88.7 cm³/mol. The van der Waals surface area contributed by atoms with E-state index in [-0.39, 0.29) is 5.75 Å². The molecule has 0 spiro atoms. The molecule has 24 heavy (non-hydrogen) atoms. The van der Waals surface area contributed by atoms with Gasteiger partial charge in [-0.2, -0.15) is 0 Å². The molecule has 126 valence electrons. The van der Waals surface area contributed by atoms with Gasteiger partial charge in [0.15, 0.2) is 0 Å². The summed E-state index contributed by atoms with van der Waals surface area (Å²) in [4.78, 5) is 13.7. The average molecular weight is 330 g/mol. The van der Waals surface area contributed by atoms with Crippen molar-refractivity contribution in [1.29, 1.82) is 0 Å². The fraction of sp³-hybridized carbons (Fsp3) is 0.278. The van der Waals surface area contributed by atoms with Crippen LogP contribution in [0.1, 0.15) is 5.56 Å². The first-order valence-electron chi connectivity index (χ1n) is 7.84. The second-order valence-electron chi connectivity index (χ2n) is 5.44. The molecule has 0 bridgehead atoms. The molecule has 1 aliphatic heterocycles. The van der Waals surface area contributed by atoms with Crippen LogP contribution in [0.3, 0.4) is 0 Å². The van der Waals surface area contributed by atoms with E-state index in [0.717, 1.165) is 5.56 Å². The number of rotatable bonds is 4. The largest absolute Gasteiger partial charge is 0.412 e. The average Bonchev–Trinajstić information content (AvgIpc) is 2.62. The molecule has 0 radical (unpaired) electrons. The molecule has 0 aromatic heterocycles. The molecule has 1 amide bonds. The first-order chi connectivity index (χ1) is 11.7. The van der Waals surface area contributed by atoms with Crippen molar-refractivity contribution in [3.63, 3.8) is 0 Å². The third-order valence-electron chi connectivity index (χ3n) is 3.76. The Bertz CT molecular complexity index is 688. The number of halogens is 1. The number of carbonyl (C=O) groups excluding carboxylic acids is 1. The normalized spacial score (nSPS) is 14.3. The van der Waals surface area contributed by atoms with Crippen molar-refractivity contribution >= 4 is 11.8 Å². The van der Waals surface area contributed by atoms with E-state index in [1.165, 1.54) is 6.07 Å². The maximum absolute atomic E-state index is 14.2. The molecule has 2 aromatic rings. The topological polar surface area (TPSA) is 50.8 Å². The molecule has 0 saturated carbocycles. The van der Waals surface area contributed by atoms with Gasteiger partial charge in [0.05, 0.1) is 18.9 Å². The van der Waals surface area contributed by atoms with Crippen LogP contribution in [0.4, 0.5) is 14.9 Å². The highest BCUT2D eigenvalue weighted by Gasteiger charge is 2.16. The standard InChI is InChI=1S/C18H19FN2O3/c19-16-12-15(6-7-17(16)21-8-10-23-11-9-21)24-18(22)20-13-14-4-2-1-3-5-14/h1-7,12H,8-11,13H2,(H,20,22). The van der Waals surface area contributed by atoms with Crippen molar-refractivity contribution in [3.8, 4) is 5.75 Å². The Labute approximate surface area is 140 Å². The van der Waals surface area contributed by atoms with Crippen LogP contribution in [0, 0.1) is 5.82 Å². The fourth-order valence-electron chi connectivity index (χ4n) is 2.53. The third kappa shape index (κ3) is 4.23. The molecule has 0 unspecified atom stereocenters. The number of benzene rings is 2. The van der Waals surface area contributed by atoms with Crippen molar-refractivity contribution in [1.82, 2.24) is 5.32 Å². The highest BCUT2D eigenvalue weighted by atomic mass is 19.1. The lowest BCUT2D eigenvalue weighted by atomic mass is 10.2. The second-order valence-corrected chi connectivity index (χ2v) is 5.44. The third-order valence-corrected chi connectivity index (χ3v) is 3.76. The van der Waals surface area contributed by atoms with E-state index in [9.17, 15) is 9.18 Å². The molecule has 1 N–H and O–H groups in total. The van der Waals surface area contributed by atoms with Crippen LogP contribution in [-0.2, 0) is 11.3 Å². The number of nitrogens with zero attached hydrogens (tertiary/aromatic N) is 1. The van der Waals surface area contributed by atoms with Gasteiger partial charge in [-0.15, -0.1) is 0 Å². The first-order valence-corrected chi connectivity index (χ1v) is 7.84. The molecular formula is C18H19FN2O3. The van der Waals surface area contributed by atoms with Gasteiger partial charge >= 0.3 is 6.09 Å². The van der Waals surface area contributed by atoms with E-state index in [2.05, 4.69) is 5.32 Å². The molecule has 6 heteroatoms. The van der Waals surface area contributed by atoms with Gasteiger partial charge in [0.25, 0.3) is 0 Å². The molecule has 5 nitrogen and oxygen atoms in total. The van der Waals surface area contributed by atoms with E-state index in [0.29, 0.717) is 38.5 Å². The molecule has 0 atom stereocenters. The number of anilines is 1. The monoisotopic (exact) mass is 330 g/mol. The van der Waals surface area contributed by atoms with E-state index >= 15 is 0 Å². The fourth-order valence-corrected chi connectivity index (χ4v) is 2.53. The van der Waals surface area contributed by atoms with E-state index < -0.39 is 11.9 Å². The van der Waals surface area contributed by atoms with Crippen LogP contribution in [0.15, 0.2) is 48.5 Å². The predicted octanol–water partition coefficient (Wildman–Crippen LogP) is 2.95. The first kappa shape index (κ1) is 16.3. The van der Waals surface area contributed by atoms with Crippen molar-refractivity contribution in [2.45, 2.75) is 6.54 Å². The highest BCUT2D eigenvalue weighted by Crippen LogP contribution is 2.25. The number of morpholine rings is 1. The summed E-state index contributed by atoms with van der Waals surface area (Å²) in [5.41, 5.74) is 1.46. The zero-order valence-electron chi connectivity index (χ0n) is 13.2. The number of amides is 1. The zero-order valence-corrected chi connectivity index (χ0v) is 13.2. The van der Waals surface area contributed by atoms with Gasteiger partial charge in [-0.3, -0.25) is 0 Å². The van der Waals surface area contributed by atoms with Crippen LogP contribution in [-0.4, -0.2) is 32.4 Å². The van der Waals surface area contributed by atoms with E-state index in [1.54, 1.807) is 12.1 Å². The van der Waals surface area contributed by atoms with Gasteiger partial charge in [0, 0.05) is 25.7 Å². The molecule has 1 heterocycles. The minimum absolute atomic E-state index is 0.176. The van der Waals surface area contributed by atoms with Gasteiger partial charge in [-0.25, -0.2) is 9.18 Å². The molecule has 3 rings (SSSR count). The number of nitrogens with one attached hydrogen (secondary N) is 1. The number of hydrogen-bond acceptors (Lipinski definition) is 4. The summed E-state index contributed by atoms with van der Waals surface area (Å²) in [5, 5.41) is 2.63. The van der Waals surface area contributed by atoms with Crippen LogP contribution < -0.4 is 15.0 Å². The number of hydrogen-bond donors (Lipinski definition) is 1. The Morgan fingerprint density at radius 3 is 2.62 bits per heavy atom.